The highest BCUT2D eigenvalue weighted by Crippen LogP contribution is 2.27. The molecule has 3 aromatic rings. The number of furan rings is 1. The maximum Gasteiger partial charge on any atom is 0.227 e. The molecule has 4 rings (SSSR count). The Hall–Kier alpha value is -2.69. The topological polar surface area (TPSA) is 59.2 Å². The molecular formula is C20H21N3O2. The number of nitrogens with zero attached hydrogens (tertiary/aromatic N) is 3. The normalized spacial score (nSPS) is 17.4. The van der Waals surface area contributed by atoms with Crippen molar-refractivity contribution >= 4 is 16.9 Å². The fourth-order valence-electron chi connectivity index (χ4n) is 3.46. The maximum absolute atomic E-state index is 12.7. The van der Waals surface area contributed by atoms with E-state index in [1.807, 2.05) is 43.0 Å². The van der Waals surface area contributed by atoms with Crippen LogP contribution in [-0.4, -0.2) is 33.9 Å². The van der Waals surface area contributed by atoms with Gasteiger partial charge in [-0.3, -0.25) is 4.79 Å². The number of fused-ring (bicyclic) bond motifs is 1. The van der Waals surface area contributed by atoms with Crippen molar-refractivity contribution in [1.29, 1.82) is 0 Å². The third kappa shape index (κ3) is 3.14. The van der Waals surface area contributed by atoms with E-state index in [0.29, 0.717) is 13.0 Å². The molecule has 0 unspecified atom stereocenters. The maximum atomic E-state index is 12.7. The molecule has 1 aliphatic heterocycles. The summed E-state index contributed by atoms with van der Waals surface area (Å²) in [6.07, 6.45) is 4.79. The SMILES string of the molecule is Cc1ccc2c(CC(=O)N3CC[C@H](c4nccc(C)n4)C3)coc2c1. The van der Waals surface area contributed by atoms with Crippen molar-refractivity contribution in [2.75, 3.05) is 13.1 Å². The minimum atomic E-state index is 0.137. The smallest absolute Gasteiger partial charge is 0.227 e. The Balaban J connectivity index is 1.46. The standard InChI is InChI=1S/C20H21N3O2/c1-13-3-4-17-16(12-25-18(17)9-13)10-19(24)23-8-6-15(11-23)20-21-7-5-14(2)22-20/h3-5,7,9,12,15H,6,8,10-11H2,1-2H3/t15-/m0/s1. The Labute approximate surface area is 146 Å². The number of carbonyl (C=O) groups is 1. The van der Waals surface area contributed by atoms with Crippen molar-refractivity contribution in [3.63, 3.8) is 0 Å². The highest BCUT2D eigenvalue weighted by atomic mass is 16.3. The molecule has 128 valence electrons. The van der Waals surface area contributed by atoms with E-state index in [1.54, 1.807) is 12.5 Å². The van der Waals surface area contributed by atoms with Crippen LogP contribution in [0.15, 0.2) is 41.1 Å². The molecule has 0 spiro atoms. The predicted octanol–water partition coefficient (Wildman–Crippen LogP) is 3.40. The van der Waals surface area contributed by atoms with Gasteiger partial charge in [0, 0.05) is 41.8 Å². The van der Waals surface area contributed by atoms with Crippen LogP contribution in [0.2, 0.25) is 0 Å². The van der Waals surface area contributed by atoms with Crippen molar-refractivity contribution in [3.8, 4) is 0 Å². The van der Waals surface area contributed by atoms with Gasteiger partial charge in [-0.05, 0) is 38.0 Å². The quantitative estimate of drug-likeness (QED) is 0.736. The highest BCUT2D eigenvalue weighted by Gasteiger charge is 2.29. The summed E-state index contributed by atoms with van der Waals surface area (Å²) in [6.45, 7) is 5.45. The van der Waals surface area contributed by atoms with Gasteiger partial charge in [0.25, 0.3) is 0 Å². The number of hydrogen-bond donors (Lipinski definition) is 0. The van der Waals surface area contributed by atoms with Crippen LogP contribution in [0.4, 0.5) is 0 Å². The molecular weight excluding hydrogens is 314 g/mol. The van der Waals surface area contributed by atoms with Crippen LogP contribution in [0.1, 0.15) is 35.0 Å². The summed E-state index contributed by atoms with van der Waals surface area (Å²) in [7, 11) is 0. The Morgan fingerprint density at radius 1 is 1.32 bits per heavy atom. The monoisotopic (exact) mass is 335 g/mol. The van der Waals surface area contributed by atoms with Gasteiger partial charge < -0.3 is 9.32 Å². The largest absolute Gasteiger partial charge is 0.464 e. The van der Waals surface area contributed by atoms with Crippen molar-refractivity contribution in [2.45, 2.75) is 32.6 Å². The summed E-state index contributed by atoms with van der Waals surface area (Å²) in [4.78, 5) is 23.5. The van der Waals surface area contributed by atoms with Gasteiger partial charge in [0.15, 0.2) is 0 Å². The minimum absolute atomic E-state index is 0.137. The number of rotatable bonds is 3. The number of carbonyl (C=O) groups excluding carboxylic acids is 1. The number of hydrogen-bond acceptors (Lipinski definition) is 4. The number of amides is 1. The average Bonchev–Trinajstić information content (AvgIpc) is 3.22. The molecule has 1 amide bonds. The molecule has 3 heterocycles. The predicted molar refractivity (Wildman–Crippen MR) is 95.4 cm³/mol. The number of likely N-dealkylation sites (tertiary alicyclic amines) is 1. The van der Waals surface area contributed by atoms with Crippen LogP contribution in [0, 0.1) is 13.8 Å². The van der Waals surface area contributed by atoms with E-state index < -0.39 is 0 Å². The van der Waals surface area contributed by atoms with Crippen molar-refractivity contribution < 1.29 is 9.21 Å². The summed E-state index contributed by atoms with van der Waals surface area (Å²) >= 11 is 0. The summed E-state index contributed by atoms with van der Waals surface area (Å²) in [5.41, 5.74) is 3.92. The van der Waals surface area contributed by atoms with Gasteiger partial charge in [0.2, 0.25) is 5.91 Å². The molecule has 1 aromatic carbocycles. The van der Waals surface area contributed by atoms with E-state index in [-0.39, 0.29) is 11.8 Å². The molecule has 0 radical (unpaired) electrons. The summed E-state index contributed by atoms with van der Waals surface area (Å²) in [5, 5.41) is 1.02. The first kappa shape index (κ1) is 15.8. The van der Waals surface area contributed by atoms with Gasteiger partial charge in [-0.25, -0.2) is 9.97 Å². The molecule has 0 saturated carbocycles. The number of benzene rings is 1. The van der Waals surface area contributed by atoms with E-state index >= 15 is 0 Å². The second-order valence-electron chi connectivity index (χ2n) is 6.82. The van der Waals surface area contributed by atoms with E-state index in [0.717, 1.165) is 46.6 Å². The molecule has 2 aromatic heterocycles. The summed E-state index contributed by atoms with van der Waals surface area (Å²) in [5.74, 6) is 1.21. The lowest BCUT2D eigenvalue weighted by Crippen LogP contribution is -2.30. The first-order valence-electron chi connectivity index (χ1n) is 8.64. The van der Waals surface area contributed by atoms with Crippen molar-refractivity contribution in [3.05, 3.63) is 59.4 Å². The first-order chi connectivity index (χ1) is 12.1. The zero-order valence-electron chi connectivity index (χ0n) is 14.5. The second-order valence-corrected chi connectivity index (χ2v) is 6.82. The van der Waals surface area contributed by atoms with Crippen molar-refractivity contribution in [2.24, 2.45) is 0 Å². The van der Waals surface area contributed by atoms with Gasteiger partial charge in [0.05, 0.1) is 12.7 Å². The van der Waals surface area contributed by atoms with Crippen LogP contribution < -0.4 is 0 Å². The first-order valence-corrected chi connectivity index (χ1v) is 8.64. The fourth-order valence-corrected chi connectivity index (χ4v) is 3.46. The van der Waals surface area contributed by atoms with E-state index in [4.69, 9.17) is 4.42 Å². The van der Waals surface area contributed by atoms with Gasteiger partial charge >= 0.3 is 0 Å². The Kier molecular flexibility index (Phi) is 3.99. The van der Waals surface area contributed by atoms with Gasteiger partial charge in [0.1, 0.15) is 11.4 Å². The molecule has 1 fully saturated rings. The lowest BCUT2D eigenvalue weighted by atomic mass is 10.1. The van der Waals surface area contributed by atoms with Crippen molar-refractivity contribution in [1.82, 2.24) is 14.9 Å². The summed E-state index contributed by atoms with van der Waals surface area (Å²) in [6, 6.07) is 7.98. The molecule has 5 nitrogen and oxygen atoms in total. The molecule has 25 heavy (non-hydrogen) atoms. The van der Waals surface area contributed by atoms with Crippen LogP contribution in [0.3, 0.4) is 0 Å². The number of aromatic nitrogens is 2. The van der Waals surface area contributed by atoms with Gasteiger partial charge in [-0.15, -0.1) is 0 Å². The lowest BCUT2D eigenvalue weighted by Gasteiger charge is -2.16. The second kappa shape index (κ2) is 6.31. The molecule has 1 saturated heterocycles. The summed E-state index contributed by atoms with van der Waals surface area (Å²) < 4.78 is 5.61. The lowest BCUT2D eigenvalue weighted by molar-refractivity contribution is -0.129. The zero-order chi connectivity index (χ0) is 17.4. The highest BCUT2D eigenvalue weighted by molar-refractivity contribution is 5.88. The van der Waals surface area contributed by atoms with Gasteiger partial charge in [-0.2, -0.15) is 0 Å². The Morgan fingerprint density at radius 2 is 2.20 bits per heavy atom. The molecule has 0 N–H and O–H groups in total. The Morgan fingerprint density at radius 3 is 3.04 bits per heavy atom. The van der Waals surface area contributed by atoms with Crippen LogP contribution in [0.5, 0.6) is 0 Å². The molecule has 1 aliphatic rings. The minimum Gasteiger partial charge on any atom is -0.464 e. The molecule has 1 atom stereocenters. The number of aryl methyl sites for hydroxylation is 2. The van der Waals surface area contributed by atoms with Gasteiger partial charge in [-0.1, -0.05) is 12.1 Å². The fraction of sp³-hybridized carbons (Fsp3) is 0.350. The van der Waals surface area contributed by atoms with Crippen LogP contribution >= 0.6 is 0 Å². The third-order valence-electron chi connectivity index (χ3n) is 4.87. The van der Waals surface area contributed by atoms with E-state index in [2.05, 4.69) is 9.97 Å². The average molecular weight is 335 g/mol. The van der Waals surface area contributed by atoms with E-state index in [1.165, 1.54) is 0 Å². The molecule has 5 heteroatoms. The van der Waals surface area contributed by atoms with Crippen LogP contribution in [-0.2, 0) is 11.2 Å². The zero-order valence-corrected chi connectivity index (χ0v) is 14.5. The van der Waals surface area contributed by atoms with E-state index in [9.17, 15) is 4.79 Å². The molecule has 0 aliphatic carbocycles. The Bertz CT molecular complexity index is 932. The molecule has 0 bridgehead atoms. The third-order valence-corrected chi connectivity index (χ3v) is 4.87. The van der Waals surface area contributed by atoms with Crippen LogP contribution in [0.25, 0.3) is 11.0 Å².